The number of benzene rings is 2. The van der Waals surface area contributed by atoms with Crippen molar-refractivity contribution in [1.29, 1.82) is 0 Å². The molecule has 3 rings (SSSR count). The number of amides is 2. The Labute approximate surface area is 201 Å². The number of piperidine rings is 1. The number of anilines is 1. The Kier molecular flexibility index (Phi) is 8.26. The van der Waals surface area contributed by atoms with Crippen LogP contribution in [0.2, 0.25) is 0 Å². The van der Waals surface area contributed by atoms with Gasteiger partial charge in [-0.2, -0.15) is 0 Å². The highest BCUT2D eigenvalue weighted by Crippen LogP contribution is 2.46. The molecule has 34 heavy (non-hydrogen) atoms. The summed E-state index contributed by atoms with van der Waals surface area (Å²) in [5, 5.41) is 3.10. The highest BCUT2D eigenvalue weighted by atomic mass is 16.5. The maximum absolute atomic E-state index is 13.4. The number of rotatable bonds is 9. The van der Waals surface area contributed by atoms with Gasteiger partial charge in [0, 0.05) is 24.6 Å². The van der Waals surface area contributed by atoms with Crippen LogP contribution in [0.5, 0.6) is 23.0 Å². The molecule has 0 saturated carbocycles. The van der Waals surface area contributed by atoms with Gasteiger partial charge in [0.25, 0.3) is 0 Å². The van der Waals surface area contributed by atoms with Gasteiger partial charge in [-0.15, -0.1) is 0 Å². The molecule has 8 heteroatoms. The van der Waals surface area contributed by atoms with Crippen LogP contribution in [0.3, 0.4) is 0 Å². The molecule has 0 unspecified atom stereocenters. The van der Waals surface area contributed by atoms with E-state index in [9.17, 15) is 9.59 Å². The van der Waals surface area contributed by atoms with Gasteiger partial charge in [0.2, 0.25) is 17.6 Å². The molecule has 3 atom stereocenters. The van der Waals surface area contributed by atoms with Crippen LogP contribution in [0, 0.1) is 5.92 Å². The summed E-state index contributed by atoms with van der Waals surface area (Å²) in [7, 11) is 6.19. The molecule has 1 fully saturated rings. The highest BCUT2D eigenvalue weighted by molar-refractivity contribution is 5.98. The molecular weight excluding hydrogens is 436 g/mol. The monoisotopic (exact) mass is 470 g/mol. The Bertz CT molecular complexity index is 982. The van der Waals surface area contributed by atoms with E-state index in [0.717, 1.165) is 12.0 Å². The molecule has 1 heterocycles. The Morgan fingerprint density at radius 1 is 1.03 bits per heavy atom. The molecule has 2 aromatic carbocycles. The summed E-state index contributed by atoms with van der Waals surface area (Å²) in [6.07, 6.45) is 1.53. The second-order valence-corrected chi connectivity index (χ2v) is 8.33. The zero-order valence-electron chi connectivity index (χ0n) is 20.7. The van der Waals surface area contributed by atoms with E-state index in [0.29, 0.717) is 35.1 Å². The molecule has 0 spiro atoms. The van der Waals surface area contributed by atoms with Crippen LogP contribution in [0.25, 0.3) is 0 Å². The van der Waals surface area contributed by atoms with E-state index in [1.54, 1.807) is 24.1 Å². The molecule has 1 aliphatic heterocycles. The van der Waals surface area contributed by atoms with Gasteiger partial charge in [0.05, 0.1) is 46.1 Å². The van der Waals surface area contributed by atoms with Crippen LogP contribution >= 0.6 is 0 Å². The van der Waals surface area contributed by atoms with Crippen LogP contribution in [-0.2, 0) is 9.59 Å². The maximum Gasteiger partial charge on any atom is 0.227 e. The molecular formula is C26H34N2O6. The quantitative estimate of drug-likeness (QED) is 0.593. The number of nitrogens with one attached hydrogen (secondary N) is 1. The summed E-state index contributed by atoms with van der Waals surface area (Å²) in [5.41, 5.74) is 1.41. The number of carbonyl (C=O) groups excluding carboxylic acids is 2. The van der Waals surface area contributed by atoms with E-state index < -0.39 is 12.0 Å². The predicted octanol–water partition coefficient (Wildman–Crippen LogP) is 4.12. The van der Waals surface area contributed by atoms with Crippen molar-refractivity contribution in [3.63, 3.8) is 0 Å². The molecule has 1 N–H and O–H groups in total. The summed E-state index contributed by atoms with van der Waals surface area (Å²) in [6, 6.07) is 10.5. The third-order valence-electron chi connectivity index (χ3n) is 6.32. The second-order valence-electron chi connectivity index (χ2n) is 8.33. The van der Waals surface area contributed by atoms with E-state index in [-0.39, 0.29) is 24.3 Å². The van der Waals surface area contributed by atoms with E-state index >= 15 is 0 Å². The topological polar surface area (TPSA) is 86.3 Å². The number of methoxy groups -OCH3 is 4. The summed E-state index contributed by atoms with van der Waals surface area (Å²) in [5.74, 6) is 1.42. The Balaban J connectivity index is 2.15. The second kappa shape index (κ2) is 11.1. The van der Waals surface area contributed by atoms with Crippen LogP contribution in [0.1, 0.15) is 44.7 Å². The molecule has 0 aliphatic carbocycles. The van der Waals surface area contributed by atoms with Gasteiger partial charge in [-0.3, -0.25) is 9.59 Å². The fourth-order valence-corrected chi connectivity index (χ4v) is 4.31. The lowest BCUT2D eigenvalue weighted by Crippen LogP contribution is -2.49. The fraction of sp³-hybridized carbons (Fsp3) is 0.462. The Morgan fingerprint density at radius 2 is 1.65 bits per heavy atom. The van der Waals surface area contributed by atoms with Gasteiger partial charge in [0.15, 0.2) is 11.5 Å². The summed E-state index contributed by atoms with van der Waals surface area (Å²) in [4.78, 5) is 28.4. The van der Waals surface area contributed by atoms with Gasteiger partial charge in [-0.05, 0) is 37.5 Å². The first kappa shape index (κ1) is 25.2. The maximum atomic E-state index is 13.4. The minimum absolute atomic E-state index is 0.0382. The normalized spacial score (nSPS) is 18.8. The van der Waals surface area contributed by atoms with Crippen LogP contribution in [0.15, 0.2) is 36.4 Å². The van der Waals surface area contributed by atoms with Crippen LogP contribution < -0.4 is 29.2 Å². The summed E-state index contributed by atoms with van der Waals surface area (Å²) < 4.78 is 21.8. The molecule has 0 bridgehead atoms. The smallest absolute Gasteiger partial charge is 0.227 e. The molecule has 0 radical (unpaired) electrons. The van der Waals surface area contributed by atoms with Crippen LogP contribution in [-0.4, -0.2) is 46.3 Å². The first-order valence-electron chi connectivity index (χ1n) is 11.4. The van der Waals surface area contributed by atoms with Crippen LogP contribution in [0.4, 0.5) is 5.69 Å². The van der Waals surface area contributed by atoms with Crippen molar-refractivity contribution in [3.05, 3.63) is 42.0 Å². The molecule has 0 aromatic heterocycles. The molecule has 1 saturated heterocycles. The number of hydrogen-bond acceptors (Lipinski definition) is 6. The van der Waals surface area contributed by atoms with Crippen molar-refractivity contribution in [2.75, 3.05) is 33.3 Å². The lowest BCUT2D eigenvalue weighted by molar-refractivity contribution is -0.129. The third kappa shape index (κ3) is 5.05. The number of nitrogens with zero attached hydrogens (tertiary/aromatic N) is 1. The average Bonchev–Trinajstić information content (AvgIpc) is 2.87. The predicted molar refractivity (Wildman–Crippen MR) is 130 cm³/mol. The van der Waals surface area contributed by atoms with Crippen molar-refractivity contribution >= 4 is 17.5 Å². The van der Waals surface area contributed by atoms with Gasteiger partial charge >= 0.3 is 0 Å². The van der Waals surface area contributed by atoms with E-state index in [1.807, 2.05) is 38.1 Å². The standard InChI is InChI=1S/C26H34N2O6/c1-7-16(2)27-26(30)20-12-13-23(29)28(24(20)17-8-10-19(31-3)11-9-17)18-14-21(32-4)25(34-6)22(15-18)33-5/h8-11,14-16,20,24H,7,12-13H2,1-6H3,(H,27,30)/t16-,20+,24-/m0/s1. The Hall–Kier alpha value is -3.42. The molecule has 184 valence electrons. The minimum Gasteiger partial charge on any atom is -0.497 e. The third-order valence-corrected chi connectivity index (χ3v) is 6.32. The lowest BCUT2D eigenvalue weighted by Gasteiger charge is -2.41. The molecule has 2 amide bonds. The zero-order valence-corrected chi connectivity index (χ0v) is 20.7. The van der Waals surface area contributed by atoms with Crippen molar-refractivity contribution < 1.29 is 28.5 Å². The number of carbonyl (C=O) groups is 2. The van der Waals surface area contributed by atoms with E-state index in [1.165, 1.54) is 21.3 Å². The summed E-state index contributed by atoms with van der Waals surface area (Å²) in [6.45, 7) is 4.00. The van der Waals surface area contributed by atoms with Crippen molar-refractivity contribution in [2.24, 2.45) is 5.92 Å². The molecule has 2 aromatic rings. The fourth-order valence-electron chi connectivity index (χ4n) is 4.31. The highest BCUT2D eigenvalue weighted by Gasteiger charge is 2.42. The Morgan fingerprint density at radius 3 is 2.15 bits per heavy atom. The molecule has 8 nitrogen and oxygen atoms in total. The van der Waals surface area contributed by atoms with Gasteiger partial charge in [-0.1, -0.05) is 19.1 Å². The number of hydrogen-bond donors (Lipinski definition) is 1. The number of ether oxygens (including phenoxy) is 4. The van der Waals surface area contributed by atoms with E-state index in [2.05, 4.69) is 5.32 Å². The van der Waals surface area contributed by atoms with Gasteiger partial charge < -0.3 is 29.2 Å². The first-order chi connectivity index (χ1) is 16.4. The summed E-state index contributed by atoms with van der Waals surface area (Å²) >= 11 is 0. The van der Waals surface area contributed by atoms with Gasteiger partial charge in [0.1, 0.15) is 5.75 Å². The minimum atomic E-state index is -0.515. The zero-order chi connectivity index (χ0) is 24.8. The van der Waals surface area contributed by atoms with E-state index in [4.69, 9.17) is 18.9 Å². The van der Waals surface area contributed by atoms with Crippen molar-refractivity contribution in [3.8, 4) is 23.0 Å². The average molecular weight is 471 g/mol. The van der Waals surface area contributed by atoms with Crippen molar-refractivity contribution in [2.45, 2.75) is 45.2 Å². The van der Waals surface area contributed by atoms with Gasteiger partial charge in [-0.25, -0.2) is 0 Å². The lowest BCUT2D eigenvalue weighted by atomic mass is 9.83. The first-order valence-corrected chi connectivity index (χ1v) is 11.4. The SMILES string of the molecule is CC[C@H](C)NC(=O)[C@@H]1CCC(=O)N(c2cc(OC)c(OC)c(OC)c2)[C@H]1c1ccc(OC)cc1. The molecule has 1 aliphatic rings. The largest absolute Gasteiger partial charge is 0.497 e. The van der Waals surface area contributed by atoms with Crippen molar-refractivity contribution in [1.82, 2.24) is 5.32 Å².